The fraction of sp³-hybridized carbons (Fsp3) is 0.200. The minimum atomic E-state index is -0.0609. The number of anilines is 1. The molecule has 0 saturated heterocycles. The molecule has 0 spiro atoms. The number of amides is 1. The molecule has 1 amide bonds. The van der Waals surface area contributed by atoms with Crippen molar-refractivity contribution >= 4 is 45.9 Å². The Bertz CT molecular complexity index is 939. The molecule has 5 heteroatoms. The molecule has 0 radical (unpaired) electrons. The van der Waals surface area contributed by atoms with Crippen LogP contribution in [0.5, 0.6) is 0 Å². The van der Waals surface area contributed by atoms with Gasteiger partial charge < -0.3 is 5.32 Å². The summed E-state index contributed by atoms with van der Waals surface area (Å²) >= 11 is 7.31. The van der Waals surface area contributed by atoms with Crippen LogP contribution in [-0.4, -0.2) is 16.6 Å². The van der Waals surface area contributed by atoms with Crippen molar-refractivity contribution in [1.29, 1.82) is 0 Å². The first kappa shape index (κ1) is 17.8. The van der Waals surface area contributed by atoms with Crippen LogP contribution in [0.1, 0.15) is 16.7 Å². The molecule has 1 aromatic heterocycles. The molecule has 128 valence electrons. The topological polar surface area (TPSA) is 42.0 Å². The van der Waals surface area contributed by atoms with Crippen molar-refractivity contribution in [1.82, 2.24) is 4.98 Å². The van der Waals surface area contributed by atoms with Gasteiger partial charge in [-0.05, 0) is 68.3 Å². The number of thioether (sulfide) groups is 1. The molecule has 0 aliphatic carbocycles. The SMILES string of the molecule is Cc1cc(C)c2nc(SCC(=O)Nc3ccc(Cl)cc3)c(C)cc2c1. The Morgan fingerprint density at radius 2 is 1.80 bits per heavy atom. The summed E-state index contributed by atoms with van der Waals surface area (Å²) < 4.78 is 0. The van der Waals surface area contributed by atoms with E-state index >= 15 is 0 Å². The van der Waals surface area contributed by atoms with E-state index in [0.29, 0.717) is 10.8 Å². The molecule has 25 heavy (non-hydrogen) atoms. The molecule has 1 N–H and O–H groups in total. The third-order valence-electron chi connectivity index (χ3n) is 3.86. The second-order valence-electron chi connectivity index (χ2n) is 6.11. The minimum absolute atomic E-state index is 0.0609. The van der Waals surface area contributed by atoms with E-state index in [2.05, 4.69) is 37.4 Å². The highest BCUT2D eigenvalue weighted by Gasteiger charge is 2.10. The quantitative estimate of drug-likeness (QED) is 0.612. The van der Waals surface area contributed by atoms with Gasteiger partial charge in [-0.3, -0.25) is 4.79 Å². The number of fused-ring (bicyclic) bond motifs is 1. The lowest BCUT2D eigenvalue weighted by Crippen LogP contribution is -2.14. The highest BCUT2D eigenvalue weighted by molar-refractivity contribution is 8.00. The van der Waals surface area contributed by atoms with Gasteiger partial charge in [-0.25, -0.2) is 4.98 Å². The third-order valence-corrected chi connectivity index (χ3v) is 5.21. The first-order chi connectivity index (χ1) is 11.9. The van der Waals surface area contributed by atoms with E-state index in [1.807, 2.05) is 6.92 Å². The van der Waals surface area contributed by atoms with Crippen LogP contribution < -0.4 is 5.32 Å². The molecule has 0 aliphatic rings. The number of aryl methyl sites for hydroxylation is 3. The molecule has 0 aliphatic heterocycles. The summed E-state index contributed by atoms with van der Waals surface area (Å²) in [5, 5.41) is 5.55. The normalized spacial score (nSPS) is 10.9. The molecule has 1 heterocycles. The zero-order valence-electron chi connectivity index (χ0n) is 14.4. The minimum Gasteiger partial charge on any atom is -0.325 e. The Labute approximate surface area is 156 Å². The predicted molar refractivity (Wildman–Crippen MR) is 107 cm³/mol. The maximum absolute atomic E-state index is 12.2. The Morgan fingerprint density at radius 3 is 2.52 bits per heavy atom. The largest absolute Gasteiger partial charge is 0.325 e. The second-order valence-corrected chi connectivity index (χ2v) is 7.51. The Balaban J connectivity index is 1.73. The van der Waals surface area contributed by atoms with Crippen LogP contribution in [0.2, 0.25) is 5.02 Å². The molecule has 0 fully saturated rings. The molecule has 3 aromatic rings. The van der Waals surface area contributed by atoms with Gasteiger partial charge in [0.1, 0.15) is 5.03 Å². The van der Waals surface area contributed by atoms with Gasteiger partial charge in [0, 0.05) is 16.1 Å². The Morgan fingerprint density at radius 1 is 1.08 bits per heavy atom. The molecule has 0 atom stereocenters. The number of nitrogens with zero attached hydrogens (tertiary/aromatic N) is 1. The van der Waals surface area contributed by atoms with Gasteiger partial charge in [-0.15, -0.1) is 0 Å². The maximum Gasteiger partial charge on any atom is 0.234 e. The lowest BCUT2D eigenvalue weighted by molar-refractivity contribution is -0.113. The lowest BCUT2D eigenvalue weighted by Gasteiger charge is -2.10. The zero-order chi connectivity index (χ0) is 18.0. The van der Waals surface area contributed by atoms with Crippen molar-refractivity contribution in [3.63, 3.8) is 0 Å². The number of halogens is 1. The van der Waals surface area contributed by atoms with E-state index in [4.69, 9.17) is 16.6 Å². The van der Waals surface area contributed by atoms with E-state index in [1.165, 1.54) is 17.3 Å². The van der Waals surface area contributed by atoms with E-state index in [9.17, 15) is 4.79 Å². The number of carbonyl (C=O) groups excluding carboxylic acids is 1. The number of aromatic nitrogens is 1. The summed E-state index contributed by atoms with van der Waals surface area (Å²) in [5.74, 6) is 0.252. The van der Waals surface area contributed by atoms with Gasteiger partial charge in [0.25, 0.3) is 0 Å². The number of carbonyl (C=O) groups is 1. The van der Waals surface area contributed by atoms with Crippen molar-refractivity contribution < 1.29 is 4.79 Å². The van der Waals surface area contributed by atoms with Crippen LogP contribution in [0.25, 0.3) is 10.9 Å². The molecule has 0 saturated carbocycles. The monoisotopic (exact) mass is 370 g/mol. The molecular weight excluding hydrogens is 352 g/mol. The molecule has 0 unspecified atom stereocenters. The van der Waals surface area contributed by atoms with Crippen LogP contribution in [-0.2, 0) is 4.79 Å². The van der Waals surface area contributed by atoms with Gasteiger partial charge in [0.2, 0.25) is 5.91 Å². The summed E-state index contributed by atoms with van der Waals surface area (Å²) in [4.78, 5) is 16.9. The third kappa shape index (κ3) is 4.33. The smallest absolute Gasteiger partial charge is 0.234 e. The fourth-order valence-electron chi connectivity index (χ4n) is 2.75. The van der Waals surface area contributed by atoms with Gasteiger partial charge >= 0.3 is 0 Å². The van der Waals surface area contributed by atoms with Crippen LogP contribution in [0.4, 0.5) is 5.69 Å². The van der Waals surface area contributed by atoms with Gasteiger partial charge in [0.15, 0.2) is 0 Å². The van der Waals surface area contributed by atoms with Crippen LogP contribution in [0.3, 0.4) is 0 Å². The summed E-state index contributed by atoms with van der Waals surface area (Å²) in [6, 6.07) is 13.5. The standard InChI is InChI=1S/C20H19ClN2OS/c1-12-8-13(2)19-15(9-12)10-14(3)20(23-19)25-11-18(24)22-17-6-4-16(21)5-7-17/h4-10H,11H2,1-3H3,(H,22,24). The summed E-state index contributed by atoms with van der Waals surface area (Å²) in [6.07, 6.45) is 0. The molecule has 0 bridgehead atoms. The van der Waals surface area contributed by atoms with Crippen molar-refractivity contribution in [3.8, 4) is 0 Å². The number of hydrogen-bond donors (Lipinski definition) is 1. The first-order valence-corrected chi connectivity index (χ1v) is 9.35. The maximum atomic E-state index is 12.2. The number of nitrogens with one attached hydrogen (secondary N) is 1. The van der Waals surface area contributed by atoms with Crippen LogP contribution >= 0.6 is 23.4 Å². The van der Waals surface area contributed by atoms with E-state index in [0.717, 1.165) is 32.7 Å². The number of hydrogen-bond acceptors (Lipinski definition) is 3. The van der Waals surface area contributed by atoms with Gasteiger partial charge in [0.05, 0.1) is 11.3 Å². The molecule has 3 nitrogen and oxygen atoms in total. The molecule has 3 rings (SSSR count). The Kier molecular flexibility index (Phi) is 5.30. The lowest BCUT2D eigenvalue weighted by atomic mass is 10.1. The van der Waals surface area contributed by atoms with Crippen LogP contribution in [0, 0.1) is 20.8 Å². The first-order valence-electron chi connectivity index (χ1n) is 7.99. The number of pyridine rings is 1. The van der Waals surface area contributed by atoms with E-state index in [1.54, 1.807) is 24.3 Å². The number of benzene rings is 2. The molecular formula is C20H19ClN2OS. The zero-order valence-corrected chi connectivity index (χ0v) is 16.0. The van der Waals surface area contributed by atoms with Crippen molar-refractivity contribution in [2.75, 3.05) is 11.1 Å². The van der Waals surface area contributed by atoms with Crippen molar-refractivity contribution in [2.24, 2.45) is 0 Å². The Hall–Kier alpha value is -2.04. The van der Waals surface area contributed by atoms with Crippen molar-refractivity contribution in [3.05, 3.63) is 64.2 Å². The summed E-state index contributed by atoms with van der Waals surface area (Å²) in [7, 11) is 0. The second kappa shape index (κ2) is 7.46. The average molecular weight is 371 g/mol. The highest BCUT2D eigenvalue weighted by atomic mass is 35.5. The van der Waals surface area contributed by atoms with E-state index in [-0.39, 0.29) is 5.91 Å². The highest BCUT2D eigenvalue weighted by Crippen LogP contribution is 2.27. The fourth-order valence-corrected chi connectivity index (χ4v) is 3.66. The molecule has 2 aromatic carbocycles. The van der Waals surface area contributed by atoms with Crippen molar-refractivity contribution in [2.45, 2.75) is 25.8 Å². The summed E-state index contributed by atoms with van der Waals surface area (Å²) in [6.45, 7) is 6.19. The average Bonchev–Trinajstić information content (AvgIpc) is 2.55. The predicted octanol–water partition coefficient (Wildman–Crippen LogP) is 5.54. The number of rotatable bonds is 4. The summed E-state index contributed by atoms with van der Waals surface area (Å²) in [5.41, 5.74) is 5.21. The van der Waals surface area contributed by atoms with Gasteiger partial charge in [-0.1, -0.05) is 35.0 Å². The van der Waals surface area contributed by atoms with Crippen LogP contribution in [0.15, 0.2) is 47.5 Å². The van der Waals surface area contributed by atoms with E-state index < -0.39 is 0 Å². The van der Waals surface area contributed by atoms with Gasteiger partial charge in [-0.2, -0.15) is 0 Å².